The van der Waals surface area contributed by atoms with Gasteiger partial charge < -0.3 is 4.74 Å². The highest BCUT2D eigenvalue weighted by Crippen LogP contribution is 2.23. The molecule has 1 heteroatoms. The predicted octanol–water partition coefficient (Wildman–Crippen LogP) is 4.32. The Morgan fingerprint density at radius 2 is 1.83 bits per heavy atom. The van der Waals surface area contributed by atoms with Crippen molar-refractivity contribution in [1.29, 1.82) is 0 Å². The zero-order valence-corrected chi connectivity index (χ0v) is 10.9. The van der Waals surface area contributed by atoms with Gasteiger partial charge in [0.15, 0.2) is 0 Å². The van der Waals surface area contributed by atoms with Crippen LogP contribution >= 0.6 is 0 Å². The number of hydrogen-bond acceptors (Lipinski definition) is 1. The van der Waals surface area contributed by atoms with Gasteiger partial charge in [0, 0.05) is 6.42 Å². The third-order valence-electron chi connectivity index (χ3n) is 2.91. The SMILES string of the molecule is CC=Cc1ccc(Cc2ccccc2)c(OC)c1. The Kier molecular flexibility index (Phi) is 4.19. The van der Waals surface area contributed by atoms with E-state index >= 15 is 0 Å². The minimum atomic E-state index is 0.903. The first-order valence-corrected chi connectivity index (χ1v) is 6.17. The summed E-state index contributed by atoms with van der Waals surface area (Å²) >= 11 is 0. The zero-order chi connectivity index (χ0) is 12.8. The van der Waals surface area contributed by atoms with Crippen LogP contribution in [0.3, 0.4) is 0 Å². The summed E-state index contributed by atoms with van der Waals surface area (Å²) < 4.78 is 5.47. The maximum atomic E-state index is 5.47. The van der Waals surface area contributed by atoms with Gasteiger partial charge in [-0.3, -0.25) is 0 Å². The molecule has 0 aliphatic heterocycles. The van der Waals surface area contributed by atoms with Crippen molar-refractivity contribution in [3.05, 3.63) is 71.3 Å². The second kappa shape index (κ2) is 6.06. The molecule has 0 aromatic heterocycles. The molecule has 2 aromatic rings. The molecule has 18 heavy (non-hydrogen) atoms. The van der Waals surface area contributed by atoms with E-state index in [9.17, 15) is 0 Å². The van der Waals surface area contributed by atoms with E-state index in [-0.39, 0.29) is 0 Å². The van der Waals surface area contributed by atoms with Gasteiger partial charge in [-0.1, -0.05) is 54.6 Å². The molecule has 0 radical (unpaired) electrons. The molecule has 0 saturated carbocycles. The van der Waals surface area contributed by atoms with Gasteiger partial charge >= 0.3 is 0 Å². The standard InChI is InChI=1S/C17H18O/c1-3-7-14-10-11-16(17(13-14)18-2)12-15-8-5-4-6-9-15/h3-11,13H,12H2,1-2H3. The summed E-state index contributed by atoms with van der Waals surface area (Å²) in [5, 5.41) is 0. The maximum Gasteiger partial charge on any atom is 0.122 e. The van der Waals surface area contributed by atoms with Crippen LogP contribution in [0.5, 0.6) is 5.75 Å². The third kappa shape index (κ3) is 3.01. The van der Waals surface area contributed by atoms with Gasteiger partial charge in [0.25, 0.3) is 0 Å². The predicted molar refractivity (Wildman–Crippen MR) is 77.0 cm³/mol. The summed E-state index contributed by atoms with van der Waals surface area (Å²) in [6, 6.07) is 16.8. The van der Waals surface area contributed by atoms with E-state index < -0.39 is 0 Å². The van der Waals surface area contributed by atoms with Gasteiger partial charge in [0.2, 0.25) is 0 Å². The van der Waals surface area contributed by atoms with E-state index in [0.717, 1.165) is 12.2 Å². The summed E-state index contributed by atoms with van der Waals surface area (Å²) in [7, 11) is 1.73. The molecule has 0 unspecified atom stereocenters. The molecule has 0 heterocycles. The summed E-state index contributed by atoms with van der Waals surface area (Å²) in [4.78, 5) is 0. The number of hydrogen-bond donors (Lipinski definition) is 0. The van der Waals surface area contributed by atoms with Crippen LogP contribution in [0.15, 0.2) is 54.6 Å². The van der Waals surface area contributed by atoms with Gasteiger partial charge in [0.1, 0.15) is 5.75 Å². The fraction of sp³-hybridized carbons (Fsp3) is 0.176. The molecule has 0 aliphatic rings. The second-order valence-electron chi connectivity index (χ2n) is 4.23. The lowest BCUT2D eigenvalue weighted by Gasteiger charge is -2.09. The van der Waals surface area contributed by atoms with Gasteiger partial charge in [-0.25, -0.2) is 0 Å². The van der Waals surface area contributed by atoms with Crippen molar-refractivity contribution in [2.45, 2.75) is 13.3 Å². The Labute approximate surface area is 109 Å². The van der Waals surface area contributed by atoms with Crippen LogP contribution in [-0.4, -0.2) is 7.11 Å². The van der Waals surface area contributed by atoms with Gasteiger partial charge in [-0.2, -0.15) is 0 Å². The average Bonchev–Trinajstić information content (AvgIpc) is 2.42. The van der Waals surface area contributed by atoms with Crippen LogP contribution in [0, 0.1) is 0 Å². The Morgan fingerprint density at radius 3 is 2.50 bits per heavy atom. The van der Waals surface area contributed by atoms with Crippen LogP contribution in [0.2, 0.25) is 0 Å². The van der Waals surface area contributed by atoms with E-state index in [1.54, 1.807) is 7.11 Å². The highest BCUT2D eigenvalue weighted by Gasteiger charge is 2.04. The van der Waals surface area contributed by atoms with Gasteiger partial charge in [-0.05, 0) is 29.7 Å². The lowest BCUT2D eigenvalue weighted by Crippen LogP contribution is -1.94. The summed E-state index contributed by atoms with van der Waals surface area (Å²) in [5.74, 6) is 0.953. The van der Waals surface area contributed by atoms with E-state index in [2.05, 4.69) is 48.5 Å². The van der Waals surface area contributed by atoms with Crippen molar-refractivity contribution < 1.29 is 4.74 Å². The van der Waals surface area contributed by atoms with Crippen molar-refractivity contribution in [1.82, 2.24) is 0 Å². The quantitative estimate of drug-likeness (QED) is 0.770. The second-order valence-corrected chi connectivity index (χ2v) is 4.23. The fourth-order valence-corrected chi connectivity index (χ4v) is 2.02. The van der Waals surface area contributed by atoms with Crippen LogP contribution in [0.25, 0.3) is 6.08 Å². The zero-order valence-electron chi connectivity index (χ0n) is 10.9. The number of rotatable bonds is 4. The maximum absolute atomic E-state index is 5.47. The fourth-order valence-electron chi connectivity index (χ4n) is 2.02. The summed E-state index contributed by atoms with van der Waals surface area (Å²) in [6.07, 6.45) is 5.01. The van der Waals surface area contributed by atoms with Crippen LogP contribution in [-0.2, 0) is 6.42 Å². The van der Waals surface area contributed by atoms with Crippen molar-refractivity contribution in [3.63, 3.8) is 0 Å². The number of benzene rings is 2. The molecule has 0 amide bonds. The largest absolute Gasteiger partial charge is 0.496 e. The molecule has 0 fully saturated rings. The van der Waals surface area contributed by atoms with Crippen LogP contribution in [0.4, 0.5) is 0 Å². The first kappa shape index (κ1) is 12.4. The molecular weight excluding hydrogens is 220 g/mol. The minimum absolute atomic E-state index is 0.903. The highest BCUT2D eigenvalue weighted by atomic mass is 16.5. The number of ether oxygens (including phenoxy) is 1. The van der Waals surface area contributed by atoms with Crippen LogP contribution < -0.4 is 4.74 Å². The van der Waals surface area contributed by atoms with Crippen molar-refractivity contribution in [2.24, 2.45) is 0 Å². The molecule has 0 atom stereocenters. The lowest BCUT2D eigenvalue weighted by molar-refractivity contribution is 0.410. The molecule has 1 nitrogen and oxygen atoms in total. The normalized spacial score (nSPS) is 10.8. The molecule has 0 bridgehead atoms. The molecule has 2 aromatic carbocycles. The Balaban J connectivity index is 2.28. The van der Waals surface area contributed by atoms with Crippen molar-refractivity contribution >= 4 is 6.08 Å². The smallest absolute Gasteiger partial charge is 0.122 e. The van der Waals surface area contributed by atoms with Gasteiger partial charge in [-0.15, -0.1) is 0 Å². The molecule has 0 N–H and O–H groups in total. The number of methoxy groups -OCH3 is 1. The van der Waals surface area contributed by atoms with Crippen molar-refractivity contribution in [2.75, 3.05) is 7.11 Å². The molecule has 92 valence electrons. The Morgan fingerprint density at radius 1 is 1.06 bits per heavy atom. The lowest BCUT2D eigenvalue weighted by atomic mass is 10.0. The molecule has 0 aliphatic carbocycles. The summed E-state index contributed by atoms with van der Waals surface area (Å²) in [6.45, 7) is 2.02. The third-order valence-corrected chi connectivity index (χ3v) is 2.91. The first-order chi connectivity index (χ1) is 8.83. The van der Waals surface area contributed by atoms with Crippen LogP contribution in [0.1, 0.15) is 23.6 Å². The highest BCUT2D eigenvalue weighted by molar-refractivity contribution is 5.54. The Hall–Kier alpha value is -2.02. The topological polar surface area (TPSA) is 9.23 Å². The minimum Gasteiger partial charge on any atom is -0.496 e. The average molecular weight is 238 g/mol. The Bertz CT molecular complexity index is 527. The monoisotopic (exact) mass is 238 g/mol. The summed E-state index contributed by atoms with van der Waals surface area (Å²) in [5.41, 5.74) is 3.69. The van der Waals surface area contributed by atoms with E-state index in [4.69, 9.17) is 4.74 Å². The molecule has 2 rings (SSSR count). The molecule has 0 spiro atoms. The molecule has 0 saturated heterocycles. The first-order valence-electron chi connectivity index (χ1n) is 6.17. The van der Waals surface area contributed by atoms with Gasteiger partial charge in [0.05, 0.1) is 7.11 Å². The molecular formula is C17H18O. The van der Waals surface area contributed by atoms with Crippen molar-refractivity contribution in [3.8, 4) is 5.75 Å². The van der Waals surface area contributed by atoms with E-state index in [0.29, 0.717) is 0 Å². The number of allylic oxidation sites excluding steroid dienone is 1. The van der Waals surface area contributed by atoms with E-state index in [1.165, 1.54) is 16.7 Å². The van der Waals surface area contributed by atoms with E-state index in [1.807, 2.05) is 19.1 Å².